The van der Waals surface area contributed by atoms with E-state index in [-0.39, 0.29) is 0 Å². The van der Waals surface area contributed by atoms with E-state index in [0.717, 1.165) is 17.8 Å². The molecule has 17 heavy (non-hydrogen) atoms. The number of benzene rings is 2. The average molecular weight is 334 g/mol. The van der Waals surface area contributed by atoms with Crippen LogP contribution in [0.4, 0.5) is 5.69 Å². The van der Waals surface area contributed by atoms with Crippen molar-refractivity contribution in [1.82, 2.24) is 0 Å². The second-order valence-corrected chi connectivity index (χ2v) is 5.31. The number of hydrogen-bond donors (Lipinski definition) is 1. The van der Waals surface area contributed by atoms with Crippen molar-refractivity contribution in [3.05, 3.63) is 63.2 Å². The van der Waals surface area contributed by atoms with Crippen LogP contribution in [0.25, 0.3) is 0 Å². The van der Waals surface area contributed by atoms with Crippen LogP contribution in [0.3, 0.4) is 0 Å². The van der Waals surface area contributed by atoms with E-state index in [0.29, 0.717) is 5.84 Å². The minimum absolute atomic E-state index is 0.599. The predicted octanol–water partition coefficient (Wildman–Crippen LogP) is 3.64. The summed E-state index contributed by atoms with van der Waals surface area (Å²) in [5.41, 5.74) is 3.37. The first-order valence-corrected chi connectivity index (χ1v) is 6.53. The van der Waals surface area contributed by atoms with Gasteiger partial charge in [0.1, 0.15) is 5.84 Å². The highest BCUT2D eigenvalue weighted by Gasteiger charge is 2.24. The summed E-state index contributed by atoms with van der Waals surface area (Å²) in [7, 11) is 0. The standard InChI is InChI=1S/C14H11IN2/c15-11-5-7-12(8-6-11)17-9-10-3-1-2-4-13(10)14(17)16/h1-8,16H,9H2. The molecule has 1 N–H and O–H groups in total. The Labute approximate surface area is 114 Å². The third kappa shape index (κ3) is 1.84. The molecule has 1 aliphatic rings. The van der Waals surface area contributed by atoms with E-state index < -0.39 is 0 Å². The largest absolute Gasteiger partial charge is 0.322 e. The van der Waals surface area contributed by atoms with E-state index in [4.69, 9.17) is 5.41 Å². The Bertz CT molecular complexity index is 575. The number of rotatable bonds is 1. The third-order valence-corrected chi connectivity index (χ3v) is 3.73. The van der Waals surface area contributed by atoms with Crippen molar-refractivity contribution < 1.29 is 0 Å². The lowest BCUT2D eigenvalue weighted by atomic mass is 10.1. The molecule has 1 aliphatic heterocycles. The number of nitrogens with one attached hydrogen (secondary N) is 1. The zero-order valence-corrected chi connectivity index (χ0v) is 11.3. The molecule has 0 aromatic heterocycles. The molecule has 0 fully saturated rings. The van der Waals surface area contributed by atoms with Gasteiger partial charge in [-0.1, -0.05) is 24.3 Å². The molecule has 0 radical (unpaired) electrons. The van der Waals surface area contributed by atoms with Gasteiger partial charge in [0.2, 0.25) is 0 Å². The van der Waals surface area contributed by atoms with E-state index in [1.54, 1.807) is 0 Å². The van der Waals surface area contributed by atoms with Gasteiger partial charge in [0.05, 0.1) is 6.54 Å². The van der Waals surface area contributed by atoms with Gasteiger partial charge in [-0.05, 0) is 52.4 Å². The lowest BCUT2D eigenvalue weighted by Gasteiger charge is -2.17. The first-order chi connectivity index (χ1) is 8.25. The fourth-order valence-corrected chi connectivity index (χ4v) is 2.49. The molecule has 84 valence electrons. The van der Waals surface area contributed by atoms with E-state index in [2.05, 4.69) is 52.9 Å². The Morgan fingerprint density at radius 3 is 2.41 bits per heavy atom. The van der Waals surface area contributed by atoms with Gasteiger partial charge in [-0.2, -0.15) is 0 Å². The summed E-state index contributed by atoms with van der Waals surface area (Å²) in [6.45, 7) is 0.801. The van der Waals surface area contributed by atoms with Gasteiger partial charge in [0.25, 0.3) is 0 Å². The normalized spacial score (nSPS) is 13.9. The van der Waals surface area contributed by atoms with Crippen LogP contribution >= 0.6 is 22.6 Å². The predicted molar refractivity (Wildman–Crippen MR) is 78.6 cm³/mol. The third-order valence-electron chi connectivity index (χ3n) is 3.01. The summed E-state index contributed by atoms with van der Waals surface area (Å²) in [4.78, 5) is 2.04. The lowest BCUT2D eigenvalue weighted by Crippen LogP contribution is -2.22. The van der Waals surface area contributed by atoms with E-state index >= 15 is 0 Å². The first kappa shape index (κ1) is 10.8. The molecule has 2 nitrogen and oxygen atoms in total. The van der Waals surface area contributed by atoms with E-state index in [9.17, 15) is 0 Å². The summed E-state index contributed by atoms with van der Waals surface area (Å²) in [6, 6.07) is 16.4. The van der Waals surface area contributed by atoms with Crippen molar-refractivity contribution in [3.8, 4) is 0 Å². The molecule has 0 saturated carbocycles. The summed E-state index contributed by atoms with van der Waals surface area (Å²) in [5, 5.41) is 8.20. The minimum Gasteiger partial charge on any atom is -0.322 e. The summed E-state index contributed by atoms with van der Waals surface area (Å²) in [6.07, 6.45) is 0. The highest BCUT2D eigenvalue weighted by molar-refractivity contribution is 14.1. The topological polar surface area (TPSA) is 27.1 Å². The molecule has 2 aromatic carbocycles. The molecule has 0 atom stereocenters. The molecule has 0 saturated heterocycles. The van der Waals surface area contributed by atoms with Crippen LogP contribution in [0.5, 0.6) is 0 Å². The van der Waals surface area contributed by atoms with Gasteiger partial charge in [0, 0.05) is 14.8 Å². The molecule has 0 bridgehead atoms. The zero-order valence-electron chi connectivity index (χ0n) is 9.15. The second-order valence-electron chi connectivity index (χ2n) is 4.07. The number of halogens is 1. The first-order valence-electron chi connectivity index (χ1n) is 5.45. The number of nitrogens with zero attached hydrogens (tertiary/aromatic N) is 1. The molecule has 3 rings (SSSR count). The van der Waals surface area contributed by atoms with Crippen molar-refractivity contribution in [3.63, 3.8) is 0 Å². The summed E-state index contributed by atoms with van der Waals surface area (Å²) >= 11 is 2.29. The smallest absolute Gasteiger partial charge is 0.133 e. The molecular formula is C14H11IN2. The van der Waals surface area contributed by atoms with Crippen LogP contribution < -0.4 is 4.90 Å². The van der Waals surface area contributed by atoms with Crippen molar-refractivity contribution in [2.75, 3.05) is 4.90 Å². The van der Waals surface area contributed by atoms with Gasteiger partial charge in [-0.25, -0.2) is 0 Å². The van der Waals surface area contributed by atoms with Crippen LogP contribution in [0, 0.1) is 8.98 Å². The lowest BCUT2D eigenvalue weighted by molar-refractivity contribution is 1.05. The molecule has 3 heteroatoms. The van der Waals surface area contributed by atoms with Crippen molar-refractivity contribution in [2.45, 2.75) is 6.54 Å². The highest BCUT2D eigenvalue weighted by Crippen LogP contribution is 2.28. The quantitative estimate of drug-likeness (QED) is 0.792. The maximum atomic E-state index is 8.20. The van der Waals surface area contributed by atoms with Gasteiger partial charge >= 0.3 is 0 Å². The monoisotopic (exact) mass is 334 g/mol. The Kier molecular flexibility index (Phi) is 2.63. The molecule has 0 spiro atoms. The van der Waals surface area contributed by atoms with Crippen molar-refractivity contribution >= 4 is 34.1 Å². The number of amidine groups is 1. The fraction of sp³-hybridized carbons (Fsp3) is 0.0714. The SMILES string of the molecule is N=C1c2ccccc2CN1c1ccc(I)cc1. The summed E-state index contributed by atoms with van der Waals surface area (Å²) < 4.78 is 1.22. The fourth-order valence-electron chi connectivity index (χ4n) is 2.13. The maximum Gasteiger partial charge on any atom is 0.133 e. The van der Waals surface area contributed by atoms with Crippen LogP contribution in [0.15, 0.2) is 48.5 Å². The Hall–Kier alpha value is -1.36. The average Bonchev–Trinajstić information content (AvgIpc) is 2.69. The van der Waals surface area contributed by atoms with Gasteiger partial charge in [-0.3, -0.25) is 5.41 Å². The molecular weight excluding hydrogens is 323 g/mol. The molecule has 0 aliphatic carbocycles. The Morgan fingerprint density at radius 1 is 1.00 bits per heavy atom. The molecule has 0 unspecified atom stereocenters. The van der Waals surface area contributed by atoms with E-state index in [1.165, 1.54) is 9.13 Å². The van der Waals surface area contributed by atoms with Crippen LogP contribution in [0.2, 0.25) is 0 Å². The zero-order chi connectivity index (χ0) is 11.8. The van der Waals surface area contributed by atoms with E-state index in [1.807, 2.05) is 23.1 Å². The number of fused-ring (bicyclic) bond motifs is 1. The molecule has 1 heterocycles. The van der Waals surface area contributed by atoms with Gasteiger partial charge in [-0.15, -0.1) is 0 Å². The number of hydrogen-bond acceptors (Lipinski definition) is 1. The van der Waals surface area contributed by atoms with Crippen LogP contribution in [0.1, 0.15) is 11.1 Å². The molecule has 2 aromatic rings. The minimum atomic E-state index is 0.599. The Morgan fingerprint density at radius 2 is 1.71 bits per heavy atom. The van der Waals surface area contributed by atoms with Crippen molar-refractivity contribution in [1.29, 1.82) is 5.41 Å². The van der Waals surface area contributed by atoms with Gasteiger partial charge < -0.3 is 4.90 Å². The van der Waals surface area contributed by atoms with Crippen LogP contribution in [-0.2, 0) is 6.54 Å². The number of anilines is 1. The van der Waals surface area contributed by atoms with Crippen LogP contribution in [-0.4, -0.2) is 5.84 Å². The Balaban J connectivity index is 1.99. The second kappa shape index (κ2) is 4.14. The van der Waals surface area contributed by atoms with Crippen molar-refractivity contribution in [2.24, 2.45) is 0 Å². The highest BCUT2D eigenvalue weighted by atomic mass is 127. The summed E-state index contributed by atoms with van der Waals surface area (Å²) in [5.74, 6) is 0.599. The van der Waals surface area contributed by atoms with Gasteiger partial charge in [0.15, 0.2) is 0 Å². The molecule has 0 amide bonds. The maximum absolute atomic E-state index is 8.20.